The Labute approximate surface area is 110 Å². The third-order valence-corrected chi connectivity index (χ3v) is 3.25. The predicted molar refractivity (Wildman–Crippen MR) is 72.9 cm³/mol. The first-order chi connectivity index (χ1) is 9.24. The molecule has 1 aliphatic heterocycles. The van der Waals surface area contributed by atoms with E-state index >= 15 is 0 Å². The number of nitrogens with zero attached hydrogens (tertiary/aromatic N) is 1. The number of hydrogen-bond donors (Lipinski definition) is 3. The fourth-order valence-corrected chi connectivity index (χ4v) is 2.27. The highest BCUT2D eigenvalue weighted by atomic mass is 16.1. The SMILES string of the molecule is NC1=NC=C2C(=O)C[C@@H](c3ccccc3)C=C2NN1. The third-order valence-electron chi connectivity index (χ3n) is 3.25. The van der Waals surface area contributed by atoms with E-state index in [0.29, 0.717) is 12.0 Å². The number of carbonyl (C=O) groups is 1. The van der Waals surface area contributed by atoms with Gasteiger partial charge in [-0.25, -0.2) is 4.99 Å². The van der Waals surface area contributed by atoms with Crippen LogP contribution in [0.3, 0.4) is 0 Å². The van der Waals surface area contributed by atoms with Crippen LogP contribution < -0.4 is 16.6 Å². The quantitative estimate of drug-likeness (QED) is 0.696. The van der Waals surface area contributed by atoms with Crippen LogP contribution in [-0.4, -0.2) is 11.7 Å². The second-order valence-corrected chi connectivity index (χ2v) is 4.53. The third kappa shape index (κ3) is 2.22. The minimum Gasteiger partial charge on any atom is -0.368 e. The van der Waals surface area contributed by atoms with E-state index in [0.717, 1.165) is 11.3 Å². The number of allylic oxidation sites excluding steroid dienone is 2. The smallest absolute Gasteiger partial charge is 0.212 e. The normalized spacial score (nSPS) is 22.0. The van der Waals surface area contributed by atoms with E-state index in [2.05, 4.69) is 15.8 Å². The summed E-state index contributed by atoms with van der Waals surface area (Å²) >= 11 is 0. The Morgan fingerprint density at radius 1 is 1.21 bits per heavy atom. The predicted octanol–water partition coefficient (Wildman–Crippen LogP) is 0.933. The Morgan fingerprint density at radius 2 is 2.00 bits per heavy atom. The molecule has 96 valence electrons. The van der Waals surface area contributed by atoms with Crippen LogP contribution in [0.4, 0.5) is 0 Å². The van der Waals surface area contributed by atoms with Crippen molar-refractivity contribution < 1.29 is 4.79 Å². The van der Waals surface area contributed by atoms with Crippen molar-refractivity contribution in [2.24, 2.45) is 10.7 Å². The molecule has 0 bridgehead atoms. The summed E-state index contributed by atoms with van der Waals surface area (Å²) in [6.07, 6.45) is 4.00. The molecule has 1 aliphatic carbocycles. The Bertz CT molecular complexity index is 601. The lowest BCUT2D eigenvalue weighted by atomic mass is 9.85. The van der Waals surface area contributed by atoms with Gasteiger partial charge in [-0.15, -0.1) is 0 Å². The summed E-state index contributed by atoms with van der Waals surface area (Å²) < 4.78 is 0. The highest BCUT2D eigenvalue weighted by Gasteiger charge is 2.27. The number of benzene rings is 1. The summed E-state index contributed by atoms with van der Waals surface area (Å²) in [5.41, 5.74) is 13.7. The van der Waals surface area contributed by atoms with Crippen LogP contribution in [0.5, 0.6) is 0 Å². The maximum atomic E-state index is 12.2. The van der Waals surface area contributed by atoms with Gasteiger partial charge >= 0.3 is 0 Å². The molecule has 4 N–H and O–H groups in total. The maximum absolute atomic E-state index is 12.2. The van der Waals surface area contributed by atoms with Crippen molar-refractivity contribution in [3.63, 3.8) is 0 Å². The number of guanidine groups is 1. The first kappa shape index (κ1) is 11.5. The van der Waals surface area contributed by atoms with Gasteiger partial charge in [-0.05, 0) is 5.56 Å². The molecule has 1 atom stereocenters. The standard InChI is InChI=1S/C14H14N4O/c15-14-16-8-11-12(17-18-14)6-10(7-13(11)19)9-4-2-1-3-5-9/h1-6,8,10,17H,7H2,(H3,15,16,18)/t10-/m0/s1. The molecule has 5 heteroatoms. The zero-order chi connectivity index (χ0) is 13.2. The molecule has 1 aromatic rings. The van der Waals surface area contributed by atoms with Gasteiger partial charge in [-0.1, -0.05) is 36.4 Å². The molecule has 2 aliphatic rings. The van der Waals surface area contributed by atoms with Crippen molar-refractivity contribution in [3.05, 3.63) is 59.4 Å². The maximum Gasteiger partial charge on any atom is 0.212 e. The zero-order valence-electron chi connectivity index (χ0n) is 10.3. The van der Waals surface area contributed by atoms with Gasteiger partial charge in [0.2, 0.25) is 5.96 Å². The molecule has 0 unspecified atom stereocenters. The van der Waals surface area contributed by atoms with Gasteiger partial charge < -0.3 is 5.73 Å². The number of fused-ring (bicyclic) bond motifs is 1. The average Bonchev–Trinajstić information content (AvgIpc) is 2.62. The van der Waals surface area contributed by atoms with Crippen LogP contribution in [0.1, 0.15) is 17.9 Å². The van der Waals surface area contributed by atoms with Crippen molar-refractivity contribution in [1.82, 2.24) is 10.9 Å². The lowest BCUT2D eigenvalue weighted by Crippen LogP contribution is -2.42. The Kier molecular flexibility index (Phi) is 2.79. The lowest BCUT2D eigenvalue weighted by Gasteiger charge is -2.22. The molecule has 0 aromatic heterocycles. The van der Waals surface area contributed by atoms with Crippen LogP contribution in [-0.2, 0) is 4.79 Å². The Balaban J connectivity index is 1.97. The van der Waals surface area contributed by atoms with Gasteiger partial charge in [0, 0.05) is 18.5 Å². The van der Waals surface area contributed by atoms with E-state index in [1.165, 1.54) is 6.20 Å². The van der Waals surface area contributed by atoms with E-state index in [1.54, 1.807) is 0 Å². The summed E-state index contributed by atoms with van der Waals surface area (Å²) in [4.78, 5) is 16.1. The highest BCUT2D eigenvalue weighted by molar-refractivity contribution is 6.02. The van der Waals surface area contributed by atoms with E-state index < -0.39 is 0 Å². The van der Waals surface area contributed by atoms with E-state index in [-0.39, 0.29) is 17.7 Å². The summed E-state index contributed by atoms with van der Waals surface area (Å²) in [5, 5.41) is 0. The molecular formula is C14H14N4O. The number of carbonyl (C=O) groups excluding carboxylic acids is 1. The highest BCUT2D eigenvalue weighted by Crippen LogP contribution is 2.31. The minimum absolute atomic E-state index is 0.0686. The molecule has 5 nitrogen and oxygen atoms in total. The first-order valence-electron chi connectivity index (χ1n) is 6.10. The molecule has 1 heterocycles. The van der Waals surface area contributed by atoms with Gasteiger partial charge in [-0.2, -0.15) is 0 Å². The van der Waals surface area contributed by atoms with Gasteiger partial charge in [-0.3, -0.25) is 15.6 Å². The number of hydrazine groups is 1. The number of rotatable bonds is 1. The molecule has 1 aromatic carbocycles. The lowest BCUT2D eigenvalue weighted by molar-refractivity contribution is -0.115. The number of Topliss-reactive ketones (excluding diaryl/α,β-unsaturated/α-hetero) is 1. The fraction of sp³-hybridized carbons (Fsp3) is 0.143. The molecule has 0 saturated heterocycles. The summed E-state index contributed by atoms with van der Waals surface area (Å²) in [6.45, 7) is 0. The largest absolute Gasteiger partial charge is 0.368 e. The molecule has 0 spiro atoms. The van der Waals surface area contributed by atoms with Gasteiger partial charge in [0.25, 0.3) is 0 Å². The Morgan fingerprint density at radius 3 is 2.79 bits per heavy atom. The molecule has 0 radical (unpaired) electrons. The zero-order valence-corrected chi connectivity index (χ0v) is 10.3. The van der Waals surface area contributed by atoms with Crippen LogP contribution in [0.15, 0.2) is 58.9 Å². The molecule has 3 rings (SSSR count). The number of ketones is 1. The van der Waals surface area contributed by atoms with Crippen LogP contribution in [0.25, 0.3) is 0 Å². The fourth-order valence-electron chi connectivity index (χ4n) is 2.27. The summed E-state index contributed by atoms with van der Waals surface area (Å²) in [6, 6.07) is 9.97. The topological polar surface area (TPSA) is 79.5 Å². The molecule has 0 saturated carbocycles. The first-order valence-corrected chi connectivity index (χ1v) is 6.10. The van der Waals surface area contributed by atoms with E-state index in [4.69, 9.17) is 5.73 Å². The van der Waals surface area contributed by atoms with Crippen molar-refractivity contribution in [2.45, 2.75) is 12.3 Å². The minimum atomic E-state index is 0.0686. The monoisotopic (exact) mass is 254 g/mol. The van der Waals surface area contributed by atoms with Crippen LogP contribution in [0, 0.1) is 0 Å². The molecule has 0 amide bonds. The Hall–Kier alpha value is -2.56. The van der Waals surface area contributed by atoms with Crippen molar-refractivity contribution in [1.29, 1.82) is 0 Å². The number of hydrogen-bond acceptors (Lipinski definition) is 5. The molecule has 0 fully saturated rings. The molecular weight excluding hydrogens is 240 g/mol. The number of aliphatic imine (C=N–C) groups is 1. The van der Waals surface area contributed by atoms with E-state index in [9.17, 15) is 4.79 Å². The van der Waals surface area contributed by atoms with Crippen LogP contribution in [0.2, 0.25) is 0 Å². The van der Waals surface area contributed by atoms with Crippen molar-refractivity contribution >= 4 is 11.7 Å². The van der Waals surface area contributed by atoms with Gasteiger partial charge in [0.1, 0.15) is 0 Å². The van der Waals surface area contributed by atoms with Crippen molar-refractivity contribution in [3.8, 4) is 0 Å². The molecule has 19 heavy (non-hydrogen) atoms. The second-order valence-electron chi connectivity index (χ2n) is 4.53. The number of nitrogens with one attached hydrogen (secondary N) is 2. The van der Waals surface area contributed by atoms with Crippen molar-refractivity contribution in [2.75, 3.05) is 0 Å². The number of nitrogens with two attached hydrogens (primary N) is 1. The summed E-state index contributed by atoms with van der Waals surface area (Å²) in [5.74, 6) is 0.389. The van der Waals surface area contributed by atoms with Gasteiger partial charge in [0.05, 0.1) is 11.3 Å². The second kappa shape index (κ2) is 4.61. The average molecular weight is 254 g/mol. The van der Waals surface area contributed by atoms with Gasteiger partial charge in [0.15, 0.2) is 5.78 Å². The van der Waals surface area contributed by atoms with Crippen LogP contribution >= 0.6 is 0 Å². The summed E-state index contributed by atoms with van der Waals surface area (Å²) in [7, 11) is 0. The van der Waals surface area contributed by atoms with E-state index in [1.807, 2.05) is 36.4 Å².